The molecule has 1 aromatic rings. The molecule has 4 aliphatic carbocycles. The number of nitrogens with one attached hydrogen (secondary N) is 1. The van der Waals surface area contributed by atoms with Crippen molar-refractivity contribution >= 4 is 12.0 Å². The fourth-order valence-corrected chi connectivity index (χ4v) is 5.77. The van der Waals surface area contributed by atoms with Crippen LogP contribution in [0.15, 0.2) is 10.7 Å². The topological polar surface area (TPSA) is 93.9 Å². The highest BCUT2D eigenvalue weighted by Crippen LogP contribution is 2.55. The summed E-state index contributed by atoms with van der Waals surface area (Å²) in [5, 5.41) is 3.36. The van der Waals surface area contributed by atoms with Crippen molar-refractivity contribution in [3.8, 4) is 0 Å². The Morgan fingerprint density at radius 2 is 1.86 bits per heavy atom. The van der Waals surface area contributed by atoms with Crippen molar-refractivity contribution in [2.24, 2.45) is 17.8 Å². The first kappa shape index (κ1) is 19.2. The van der Waals surface area contributed by atoms with Gasteiger partial charge in [-0.05, 0) is 56.3 Å². The Kier molecular flexibility index (Phi) is 5.31. The fraction of sp³-hybridized carbons (Fsp3) is 0.750. The standard InChI is InChI=1S/C20H29N3O5/c1-26-4-3-23(11-17-21-16(12-28-17)18(24)27-2)19(25)22-20-8-13-5-14(9-20)7-15(6-13)10-20/h12-15H,3-11H2,1-2H3,(H,22,25). The van der Waals surface area contributed by atoms with E-state index in [2.05, 4.69) is 15.0 Å². The van der Waals surface area contributed by atoms with E-state index in [0.717, 1.165) is 37.0 Å². The molecule has 154 valence electrons. The Hall–Kier alpha value is -2.09. The first-order chi connectivity index (χ1) is 13.5. The largest absolute Gasteiger partial charge is 0.464 e. The lowest BCUT2D eigenvalue weighted by Gasteiger charge is -2.57. The van der Waals surface area contributed by atoms with E-state index in [4.69, 9.17) is 9.15 Å². The van der Waals surface area contributed by atoms with Gasteiger partial charge < -0.3 is 24.1 Å². The minimum absolute atomic E-state index is 0.0646. The summed E-state index contributed by atoms with van der Waals surface area (Å²) in [6.45, 7) is 1.02. The highest BCUT2D eigenvalue weighted by Gasteiger charge is 2.51. The van der Waals surface area contributed by atoms with Gasteiger partial charge in [0.1, 0.15) is 6.26 Å². The molecule has 4 aliphatic rings. The molecule has 4 fully saturated rings. The Labute approximate surface area is 164 Å². The molecular weight excluding hydrogens is 362 g/mol. The quantitative estimate of drug-likeness (QED) is 0.718. The van der Waals surface area contributed by atoms with Crippen LogP contribution in [-0.4, -0.2) is 54.8 Å². The number of hydrogen-bond donors (Lipinski definition) is 1. The van der Waals surface area contributed by atoms with Crippen molar-refractivity contribution in [3.63, 3.8) is 0 Å². The number of methoxy groups -OCH3 is 2. The van der Waals surface area contributed by atoms with Crippen molar-refractivity contribution in [2.75, 3.05) is 27.4 Å². The summed E-state index contributed by atoms with van der Waals surface area (Å²) in [6.07, 6.45) is 8.52. The normalized spacial score (nSPS) is 30.3. The number of oxazole rings is 1. The Morgan fingerprint density at radius 3 is 2.43 bits per heavy atom. The van der Waals surface area contributed by atoms with Crippen molar-refractivity contribution in [1.29, 1.82) is 0 Å². The molecule has 8 heteroatoms. The molecule has 5 rings (SSSR count). The molecule has 1 aromatic heterocycles. The third-order valence-corrected chi connectivity index (χ3v) is 6.54. The average Bonchev–Trinajstić information content (AvgIpc) is 3.11. The van der Waals surface area contributed by atoms with E-state index in [1.165, 1.54) is 32.6 Å². The zero-order valence-electron chi connectivity index (χ0n) is 16.6. The summed E-state index contributed by atoms with van der Waals surface area (Å²) in [4.78, 5) is 30.5. The van der Waals surface area contributed by atoms with E-state index < -0.39 is 5.97 Å². The number of ether oxygens (including phenoxy) is 2. The number of hydrogen-bond acceptors (Lipinski definition) is 6. The molecule has 4 bridgehead atoms. The van der Waals surface area contributed by atoms with Crippen LogP contribution in [0.2, 0.25) is 0 Å². The van der Waals surface area contributed by atoms with Gasteiger partial charge in [-0.15, -0.1) is 0 Å². The van der Waals surface area contributed by atoms with E-state index in [1.54, 1.807) is 12.0 Å². The van der Waals surface area contributed by atoms with Gasteiger partial charge in [-0.3, -0.25) is 0 Å². The van der Waals surface area contributed by atoms with Crippen molar-refractivity contribution in [3.05, 3.63) is 17.8 Å². The summed E-state index contributed by atoms with van der Waals surface area (Å²) < 4.78 is 15.2. The van der Waals surface area contributed by atoms with Gasteiger partial charge in [0.05, 0.1) is 20.3 Å². The Balaban J connectivity index is 1.44. The number of amides is 2. The molecule has 28 heavy (non-hydrogen) atoms. The van der Waals surface area contributed by atoms with Crippen molar-refractivity contribution in [1.82, 2.24) is 15.2 Å². The summed E-state index contributed by atoms with van der Waals surface area (Å²) in [5.41, 5.74) is 0.0379. The Morgan fingerprint density at radius 1 is 1.21 bits per heavy atom. The van der Waals surface area contributed by atoms with Gasteiger partial charge in [0, 0.05) is 19.2 Å². The van der Waals surface area contributed by atoms with Gasteiger partial charge in [-0.1, -0.05) is 0 Å². The highest BCUT2D eigenvalue weighted by atomic mass is 16.5. The molecular formula is C20H29N3O5. The van der Waals surface area contributed by atoms with E-state index in [0.29, 0.717) is 19.0 Å². The van der Waals surface area contributed by atoms with Gasteiger partial charge in [0.15, 0.2) is 5.69 Å². The maximum absolute atomic E-state index is 13.1. The SMILES string of the molecule is COCCN(Cc1nc(C(=O)OC)co1)C(=O)NC12CC3CC(CC(C3)C1)C2. The second kappa shape index (κ2) is 7.73. The van der Waals surface area contributed by atoms with Crippen LogP contribution in [0.4, 0.5) is 4.79 Å². The number of nitrogens with zero attached hydrogens (tertiary/aromatic N) is 2. The highest BCUT2D eigenvalue weighted by molar-refractivity contribution is 5.86. The molecule has 0 aliphatic heterocycles. The van der Waals surface area contributed by atoms with Gasteiger partial charge >= 0.3 is 12.0 Å². The molecule has 2 amide bonds. The van der Waals surface area contributed by atoms with Gasteiger partial charge in [0.2, 0.25) is 5.89 Å². The first-order valence-corrected chi connectivity index (χ1v) is 10.1. The monoisotopic (exact) mass is 391 g/mol. The summed E-state index contributed by atoms with van der Waals surface area (Å²) >= 11 is 0. The molecule has 0 radical (unpaired) electrons. The fourth-order valence-electron chi connectivity index (χ4n) is 5.77. The predicted molar refractivity (Wildman–Crippen MR) is 99.6 cm³/mol. The molecule has 0 unspecified atom stereocenters. The van der Waals surface area contributed by atoms with Crippen LogP contribution in [0.25, 0.3) is 0 Å². The maximum atomic E-state index is 13.1. The lowest BCUT2D eigenvalue weighted by molar-refractivity contribution is -0.0163. The zero-order chi connectivity index (χ0) is 19.7. The van der Waals surface area contributed by atoms with Crippen LogP contribution in [0.3, 0.4) is 0 Å². The molecule has 0 aromatic carbocycles. The molecule has 1 N–H and O–H groups in total. The van der Waals surface area contributed by atoms with Crippen molar-refractivity contribution in [2.45, 2.75) is 50.6 Å². The van der Waals surface area contributed by atoms with Crippen LogP contribution in [0.1, 0.15) is 54.9 Å². The zero-order valence-corrected chi connectivity index (χ0v) is 16.6. The minimum atomic E-state index is -0.559. The van der Waals surface area contributed by atoms with E-state index in [1.807, 2.05) is 0 Å². The van der Waals surface area contributed by atoms with E-state index in [-0.39, 0.29) is 23.8 Å². The average molecular weight is 391 g/mol. The number of aromatic nitrogens is 1. The Bertz CT molecular complexity index is 696. The van der Waals surface area contributed by atoms with E-state index in [9.17, 15) is 9.59 Å². The maximum Gasteiger partial charge on any atom is 0.360 e. The summed E-state index contributed by atoms with van der Waals surface area (Å²) in [5.74, 6) is 2.02. The third kappa shape index (κ3) is 3.87. The smallest absolute Gasteiger partial charge is 0.360 e. The lowest BCUT2D eigenvalue weighted by Crippen LogP contribution is -2.62. The number of rotatable bonds is 7. The number of carbonyl (C=O) groups excluding carboxylic acids is 2. The lowest BCUT2D eigenvalue weighted by atomic mass is 9.53. The molecule has 1 heterocycles. The van der Waals surface area contributed by atoms with E-state index >= 15 is 0 Å². The molecule has 0 saturated heterocycles. The molecule has 8 nitrogen and oxygen atoms in total. The summed E-state index contributed by atoms with van der Waals surface area (Å²) in [7, 11) is 2.90. The van der Waals surface area contributed by atoms with Gasteiger partial charge in [-0.25, -0.2) is 14.6 Å². The van der Waals surface area contributed by atoms with Crippen LogP contribution >= 0.6 is 0 Å². The second-order valence-electron chi connectivity index (χ2n) is 8.66. The number of urea groups is 1. The van der Waals surface area contributed by atoms with Crippen LogP contribution in [-0.2, 0) is 16.0 Å². The predicted octanol–water partition coefficient (Wildman–Crippen LogP) is 2.59. The third-order valence-electron chi connectivity index (χ3n) is 6.54. The van der Waals surface area contributed by atoms with Gasteiger partial charge in [0.25, 0.3) is 0 Å². The first-order valence-electron chi connectivity index (χ1n) is 10.1. The molecule has 0 atom stereocenters. The number of esters is 1. The van der Waals surface area contributed by atoms with Gasteiger partial charge in [-0.2, -0.15) is 0 Å². The second-order valence-corrected chi connectivity index (χ2v) is 8.66. The molecule has 0 spiro atoms. The van der Waals surface area contributed by atoms with Crippen LogP contribution < -0.4 is 5.32 Å². The van der Waals surface area contributed by atoms with Crippen molar-refractivity contribution < 1.29 is 23.5 Å². The summed E-state index contributed by atoms with van der Waals surface area (Å²) in [6, 6.07) is -0.114. The number of carbonyl (C=O) groups is 2. The molecule has 4 saturated carbocycles. The van der Waals surface area contributed by atoms with Crippen LogP contribution in [0, 0.1) is 17.8 Å². The minimum Gasteiger partial charge on any atom is -0.464 e. The van der Waals surface area contributed by atoms with Crippen LogP contribution in [0.5, 0.6) is 0 Å².